The number of nitrogens with one attached hydrogen (secondary N) is 1. The van der Waals surface area contributed by atoms with Gasteiger partial charge in [-0.25, -0.2) is 4.79 Å². The molecule has 1 aromatic rings. The molecule has 9 heteroatoms. The van der Waals surface area contributed by atoms with Gasteiger partial charge in [0.2, 0.25) is 0 Å². The topological polar surface area (TPSA) is 79.0 Å². The third kappa shape index (κ3) is 5.49. The number of halogens is 1. The predicted octanol–water partition coefficient (Wildman–Crippen LogP) is 2.94. The number of hydrogen-bond acceptors (Lipinski definition) is 4. The number of ether oxygens (including phenoxy) is 1. The molecule has 0 unspecified atom stereocenters. The van der Waals surface area contributed by atoms with Crippen LogP contribution in [0.5, 0.6) is 0 Å². The Hall–Kier alpha value is -1.51. The van der Waals surface area contributed by atoms with Crippen molar-refractivity contribution >= 4 is 33.6 Å². The number of piperazine rings is 1. The van der Waals surface area contributed by atoms with Gasteiger partial charge in [-0.1, -0.05) is 17.7 Å². The molecule has 1 amide bonds. The Labute approximate surface area is 154 Å². The van der Waals surface area contributed by atoms with Crippen LogP contribution >= 0.6 is 11.6 Å². The standard InChI is InChI=1S/C16H24ClN3O4S/c1-12-11-19(8-9-20(12)15(21)24-16(2,3)4)25(22,23)18-14-7-5-6-13(17)10-14/h5-7,10,12,18H,8-9,11H2,1-4H3/t12-/m1/s1. The Morgan fingerprint density at radius 3 is 2.56 bits per heavy atom. The number of amides is 1. The van der Waals surface area contributed by atoms with Crippen LogP contribution in [0, 0.1) is 0 Å². The summed E-state index contributed by atoms with van der Waals surface area (Å²) in [5, 5.41) is 0.448. The number of hydrogen-bond donors (Lipinski definition) is 1. The highest BCUT2D eigenvalue weighted by molar-refractivity contribution is 7.90. The molecule has 1 saturated heterocycles. The second-order valence-electron chi connectivity index (χ2n) is 7.00. The van der Waals surface area contributed by atoms with Crippen LogP contribution < -0.4 is 4.72 Å². The lowest BCUT2D eigenvalue weighted by Crippen LogP contribution is -2.57. The van der Waals surface area contributed by atoms with E-state index in [1.54, 1.807) is 56.9 Å². The van der Waals surface area contributed by atoms with Crippen molar-refractivity contribution in [2.75, 3.05) is 24.4 Å². The number of benzene rings is 1. The molecule has 0 aliphatic carbocycles. The smallest absolute Gasteiger partial charge is 0.410 e. The van der Waals surface area contributed by atoms with Gasteiger partial charge in [-0.3, -0.25) is 4.72 Å². The summed E-state index contributed by atoms with van der Waals surface area (Å²) in [5.74, 6) is 0. The van der Waals surface area contributed by atoms with Crippen molar-refractivity contribution in [3.8, 4) is 0 Å². The van der Waals surface area contributed by atoms with Gasteiger partial charge in [0, 0.05) is 30.7 Å². The summed E-state index contributed by atoms with van der Waals surface area (Å²) in [7, 11) is -3.72. The first kappa shape index (κ1) is 19.8. The molecule has 1 atom stereocenters. The summed E-state index contributed by atoms with van der Waals surface area (Å²) in [6, 6.07) is 6.22. The fraction of sp³-hybridized carbons (Fsp3) is 0.562. The molecular weight excluding hydrogens is 366 g/mol. The van der Waals surface area contributed by atoms with Crippen LogP contribution in [0.15, 0.2) is 24.3 Å². The minimum absolute atomic E-state index is 0.190. The van der Waals surface area contributed by atoms with Crippen LogP contribution in [-0.4, -0.2) is 55.0 Å². The third-order valence-electron chi connectivity index (χ3n) is 3.63. The lowest BCUT2D eigenvalue weighted by molar-refractivity contribution is 0.00863. The monoisotopic (exact) mass is 389 g/mol. The van der Waals surface area contributed by atoms with E-state index in [1.807, 2.05) is 0 Å². The van der Waals surface area contributed by atoms with Crippen molar-refractivity contribution in [2.24, 2.45) is 0 Å². The molecule has 1 N–H and O–H groups in total. The van der Waals surface area contributed by atoms with E-state index in [2.05, 4.69) is 4.72 Å². The van der Waals surface area contributed by atoms with Gasteiger partial charge < -0.3 is 9.64 Å². The van der Waals surface area contributed by atoms with Gasteiger partial charge in [-0.05, 0) is 45.9 Å². The van der Waals surface area contributed by atoms with E-state index >= 15 is 0 Å². The number of anilines is 1. The molecule has 25 heavy (non-hydrogen) atoms. The summed E-state index contributed by atoms with van der Waals surface area (Å²) < 4.78 is 34.3. The maximum atomic E-state index is 12.6. The Morgan fingerprint density at radius 1 is 1.32 bits per heavy atom. The van der Waals surface area contributed by atoms with E-state index in [4.69, 9.17) is 16.3 Å². The second kappa shape index (κ2) is 7.39. The van der Waals surface area contributed by atoms with Crippen molar-refractivity contribution in [1.82, 2.24) is 9.21 Å². The van der Waals surface area contributed by atoms with Crippen molar-refractivity contribution < 1.29 is 17.9 Å². The molecule has 0 aromatic heterocycles. The molecule has 0 spiro atoms. The Morgan fingerprint density at radius 2 is 2.00 bits per heavy atom. The largest absolute Gasteiger partial charge is 0.444 e. The van der Waals surface area contributed by atoms with E-state index < -0.39 is 21.9 Å². The van der Waals surface area contributed by atoms with E-state index in [1.165, 1.54) is 4.31 Å². The molecular formula is C16H24ClN3O4S. The average molecular weight is 390 g/mol. The first-order chi connectivity index (χ1) is 11.5. The summed E-state index contributed by atoms with van der Waals surface area (Å²) in [4.78, 5) is 13.8. The maximum absolute atomic E-state index is 12.6. The summed E-state index contributed by atoms with van der Waals surface area (Å²) in [6.45, 7) is 7.84. The lowest BCUT2D eigenvalue weighted by atomic mass is 10.2. The fourth-order valence-electron chi connectivity index (χ4n) is 2.50. The van der Waals surface area contributed by atoms with Crippen molar-refractivity contribution in [3.63, 3.8) is 0 Å². The molecule has 1 aromatic carbocycles. The molecule has 1 heterocycles. The van der Waals surface area contributed by atoms with Crippen molar-refractivity contribution in [3.05, 3.63) is 29.3 Å². The van der Waals surface area contributed by atoms with Gasteiger partial charge in [0.05, 0.1) is 5.69 Å². The van der Waals surface area contributed by atoms with Crippen molar-refractivity contribution in [1.29, 1.82) is 0 Å². The molecule has 2 rings (SSSR count). The molecule has 140 valence electrons. The molecule has 1 aliphatic rings. The highest BCUT2D eigenvalue weighted by Crippen LogP contribution is 2.20. The SMILES string of the molecule is C[C@@H]1CN(S(=O)(=O)Nc2cccc(Cl)c2)CCN1C(=O)OC(C)(C)C. The molecule has 7 nitrogen and oxygen atoms in total. The Bertz CT molecular complexity index is 733. The van der Waals surface area contributed by atoms with Crippen LogP contribution in [0.4, 0.5) is 10.5 Å². The quantitative estimate of drug-likeness (QED) is 0.861. The number of carbonyl (C=O) groups is 1. The fourth-order valence-corrected chi connectivity index (χ4v) is 3.98. The van der Waals surface area contributed by atoms with Gasteiger partial charge in [-0.2, -0.15) is 12.7 Å². The zero-order valence-corrected chi connectivity index (χ0v) is 16.4. The lowest BCUT2D eigenvalue weighted by Gasteiger charge is -2.39. The molecule has 1 fully saturated rings. The summed E-state index contributed by atoms with van der Waals surface area (Å²) in [5.41, 5.74) is -0.191. The van der Waals surface area contributed by atoms with Crippen LogP contribution in [0.2, 0.25) is 5.02 Å². The number of carbonyl (C=O) groups excluding carboxylic acids is 1. The Kier molecular flexibility index (Phi) is 5.86. The number of nitrogens with zero attached hydrogens (tertiary/aromatic N) is 2. The Balaban J connectivity index is 2.03. The van der Waals surface area contributed by atoms with Gasteiger partial charge in [0.25, 0.3) is 0 Å². The van der Waals surface area contributed by atoms with Gasteiger partial charge >= 0.3 is 16.3 Å². The second-order valence-corrected chi connectivity index (χ2v) is 9.11. The first-order valence-electron chi connectivity index (χ1n) is 8.01. The zero-order chi connectivity index (χ0) is 18.8. The van der Waals surface area contributed by atoms with Gasteiger partial charge in [0.15, 0.2) is 0 Å². The highest BCUT2D eigenvalue weighted by Gasteiger charge is 2.35. The van der Waals surface area contributed by atoms with E-state index in [0.717, 1.165) is 0 Å². The average Bonchev–Trinajstić information content (AvgIpc) is 2.44. The summed E-state index contributed by atoms with van der Waals surface area (Å²) >= 11 is 5.88. The minimum atomic E-state index is -3.72. The van der Waals surface area contributed by atoms with Crippen LogP contribution in [0.3, 0.4) is 0 Å². The normalized spacial score (nSPS) is 19.6. The number of rotatable bonds is 3. The highest BCUT2D eigenvalue weighted by atomic mass is 35.5. The van der Waals surface area contributed by atoms with Crippen LogP contribution in [-0.2, 0) is 14.9 Å². The van der Waals surface area contributed by atoms with Crippen LogP contribution in [0.25, 0.3) is 0 Å². The molecule has 0 saturated carbocycles. The van der Waals surface area contributed by atoms with E-state index in [9.17, 15) is 13.2 Å². The molecule has 0 radical (unpaired) electrons. The maximum Gasteiger partial charge on any atom is 0.410 e. The predicted molar refractivity (Wildman–Crippen MR) is 98.0 cm³/mol. The molecule has 0 bridgehead atoms. The summed E-state index contributed by atoms with van der Waals surface area (Å²) in [6.07, 6.45) is -0.431. The third-order valence-corrected chi connectivity index (χ3v) is 5.37. The van der Waals surface area contributed by atoms with E-state index in [0.29, 0.717) is 10.7 Å². The van der Waals surface area contributed by atoms with Crippen LogP contribution in [0.1, 0.15) is 27.7 Å². The van der Waals surface area contributed by atoms with Crippen molar-refractivity contribution in [2.45, 2.75) is 39.3 Å². The van der Waals surface area contributed by atoms with Gasteiger partial charge in [0.1, 0.15) is 5.60 Å². The minimum Gasteiger partial charge on any atom is -0.444 e. The zero-order valence-electron chi connectivity index (χ0n) is 14.8. The first-order valence-corrected chi connectivity index (χ1v) is 9.83. The van der Waals surface area contributed by atoms with E-state index in [-0.39, 0.29) is 25.7 Å². The van der Waals surface area contributed by atoms with Gasteiger partial charge in [-0.15, -0.1) is 0 Å². The molecule has 1 aliphatic heterocycles.